The number of carbonyl (C=O) groups excluding carboxylic acids is 1. The quantitative estimate of drug-likeness (QED) is 0.686. The second kappa shape index (κ2) is 5.81. The molecule has 0 aromatic heterocycles. The summed E-state index contributed by atoms with van der Waals surface area (Å²) in [5, 5.41) is 0. The van der Waals surface area contributed by atoms with Gasteiger partial charge < -0.3 is 15.2 Å². The van der Waals surface area contributed by atoms with Crippen molar-refractivity contribution in [1.82, 2.24) is 0 Å². The molecule has 0 atom stereocenters. The van der Waals surface area contributed by atoms with Crippen LogP contribution in [-0.2, 0) is 4.74 Å². The van der Waals surface area contributed by atoms with Crippen LogP contribution < -0.4 is 10.5 Å². The molecule has 17 heavy (non-hydrogen) atoms. The fraction of sp³-hybridized carbons (Fsp3) is 0.300. The van der Waals surface area contributed by atoms with Gasteiger partial charge in [-0.25, -0.2) is 4.79 Å². The Labute approximate surface area is 105 Å². The molecule has 1 rings (SSSR count). The fourth-order valence-corrected chi connectivity index (χ4v) is 1.56. The zero-order valence-electron chi connectivity index (χ0n) is 8.88. The maximum absolute atomic E-state index is 12.1. The van der Waals surface area contributed by atoms with Crippen LogP contribution in [0.4, 0.5) is 14.5 Å². The number of nitrogens with two attached hydrogens (primary N) is 1. The summed E-state index contributed by atoms with van der Waals surface area (Å²) >= 11 is 3.05. The van der Waals surface area contributed by atoms with E-state index in [1.54, 1.807) is 6.92 Å². The van der Waals surface area contributed by atoms with Crippen LogP contribution in [0.5, 0.6) is 5.75 Å². The summed E-state index contributed by atoms with van der Waals surface area (Å²) in [6, 6.07) is 2.50. The van der Waals surface area contributed by atoms with Crippen LogP contribution in [0.3, 0.4) is 0 Å². The second-order valence-corrected chi connectivity index (χ2v) is 3.82. The molecule has 0 amide bonds. The van der Waals surface area contributed by atoms with Crippen molar-refractivity contribution in [3.8, 4) is 5.75 Å². The lowest BCUT2D eigenvalue weighted by molar-refractivity contribution is -0.0494. The Morgan fingerprint density at radius 2 is 2.18 bits per heavy atom. The highest BCUT2D eigenvalue weighted by molar-refractivity contribution is 9.10. The molecule has 0 spiro atoms. The van der Waals surface area contributed by atoms with Crippen molar-refractivity contribution in [3.63, 3.8) is 0 Å². The van der Waals surface area contributed by atoms with Crippen LogP contribution in [-0.4, -0.2) is 19.2 Å². The molecule has 0 radical (unpaired) electrons. The maximum atomic E-state index is 12.1. The highest BCUT2D eigenvalue weighted by atomic mass is 79.9. The van der Waals surface area contributed by atoms with Crippen molar-refractivity contribution in [2.45, 2.75) is 13.5 Å². The number of hydrogen-bond acceptors (Lipinski definition) is 4. The van der Waals surface area contributed by atoms with Crippen molar-refractivity contribution in [2.75, 3.05) is 12.3 Å². The molecule has 0 fully saturated rings. The number of benzene rings is 1. The van der Waals surface area contributed by atoms with E-state index in [9.17, 15) is 13.6 Å². The van der Waals surface area contributed by atoms with Crippen molar-refractivity contribution in [2.24, 2.45) is 0 Å². The van der Waals surface area contributed by atoms with E-state index in [0.29, 0.717) is 4.47 Å². The van der Waals surface area contributed by atoms with Gasteiger partial charge in [-0.15, -0.1) is 0 Å². The van der Waals surface area contributed by atoms with Gasteiger partial charge in [-0.2, -0.15) is 8.78 Å². The van der Waals surface area contributed by atoms with Gasteiger partial charge in [0.2, 0.25) is 0 Å². The molecule has 0 aliphatic carbocycles. The number of hydrogen-bond donors (Lipinski definition) is 1. The Morgan fingerprint density at radius 3 is 2.71 bits per heavy atom. The summed E-state index contributed by atoms with van der Waals surface area (Å²) in [6.07, 6.45) is 0. The van der Waals surface area contributed by atoms with Gasteiger partial charge in [0, 0.05) is 4.47 Å². The Bertz CT molecular complexity index is 426. The molecule has 0 aliphatic rings. The minimum Gasteiger partial charge on any atom is -0.462 e. The molecule has 0 saturated heterocycles. The highest BCUT2D eigenvalue weighted by Crippen LogP contribution is 2.32. The average molecular weight is 310 g/mol. The molecule has 1 aromatic rings. The minimum absolute atomic E-state index is 0.00153. The molecule has 1 aromatic carbocycles. The van der Waals surface area contributed by atoms with Gasteiger partial charge in [0.15, 0.2) is 5.75 Å². The van der Waals surface area contributed by atoms with Gasteiger partial charge >= 0.3 is 12.6 Å². The number of carbonyl (C=O) groups is 1. The normalized spacial score (nSPS) is 10.4. The van der Waals surface area contributed by atoms with Gasteiger partial charge in [-0.3, -0.25) is 0 Å². The lowest BCUT2D eigenvalue weighted by Gasteiger charge is -2.11. The zero-order chi connectivity index (χ0) is 13.0. The van der Waals surface area contributed by atoms with E-state index in [0.717, 1.165) is 6.07 Å². The van der Waals surface area contributed by atoms with E-state index in [1.807, 2.05) is 0 Å². The van der Waals surface area contributed by atoms with Crippen molar-refractivity contribution in [1.29, 1.82) is 0 Å². The fourth-order valence-electron chi connectivity index (χ4n) is 1.12. The van der Waals surface area contributed by atoms with Gasteiger partial charge in [0.25, 0.3) is 0 Å². The van der Waals surface area contributed by atoms with Crippen molar-refractivity contribution >= 4 is 27.6 Å². The van der Waals surface area contributed by atoms with Crippen LogP contribution in [0.15, 0.2) is 16.6 Å². The first-order chi connectivity index (χ1) is 7.95. The Kier molecular flexibility index (Phi) is 4.68. The summed E-state index contributed by atoms with van der Waals surface area (Å²) in [6.45, 7) is -1.19. The number of halogens is 3. The summed E-state index contributed by atoms with van der Waals surface area (Å²) in [7, 11) is 0. The number of alkyl halides is 2. The topological polar surface area (TPSA) is 61.5 Å². The standard InChI is InChI=1S/C10H10BrF2NO3/c1-2-16-9(15)5-3-6(11)8(14)7(4-5)17-10(12)13/h3-4,10H,2,14H2,1H3. The number of esters is 1. The molecule has 4 nitrogen and oxygen atoms in total. The van der Waals surface area contributed by atoms with Crippen LogP contribution in [0.25, 0.3) is 0 Å². The Hall–Kier alpha value is -1.37. The average Bonchev–Trinajstić information content (AvgIpc) is 2.24. The predicted octanol–water partition coefficient (Wildman–Crippen LogP) is 2.81. The molecule has 0 saturated carbocycles. The zero-order valence-corrected chi connectivity index (χ0v) is 10.5. The molecule has 0 bridgehead atoms. The molecule has 94 valence electrons. The van der Waals surface area contributed by atoms with E-state index >= 15 is 0 Å². The largest absolute Gasteiger partial charge is 0.462 e. The first-order valence-electron chi connectivity index (χ1n) is 4.66. The molecule has 0 unspecified atom stereocenters. The first kappa shape index (κ1) is 13.7. The van der Waals surface area contributed by atoms with Crippen molar-refractivity contribution < 1.29 is 23.0 Å². The van der Waals surface area contributed by atoms with Gasteiger partial charge in [-0.05, 0) is 35.0 Å². The minimum atomic E-state index is -3.01. The monoisotopic (exact) mass is 309 g/mol. The summed E-state index contributed by atoms with van der Waals surface area (Å²) in [5.41, 5.74) is 5.60. The van der Waals surface area contributed by atoms with E-state index in [2.05, 4.69) is 20.7 Å². The summed E-state index contributed by atoms with van der Waals surface area (Å²) in [4.78, 5) is 11.4. The Balaban J connectivity index is 3.09. The number of rotatable bonds is 4. The number of ether oxygens (including phenoxy) is 2. The van der Waals surface area contributed by atoms with E-state index in [-0.39, 0.29) is 23.6 Å². The molecule has 0 heterocycles. The SMILES string of the molecule is CCOC(=O)c1cc(Br)c(N)c(OC(F)F)c1. The highest BCUT2D eigenvalue weighted by Gasteiger charge is 2.16. The smallest absolute Gasteiger partial charge is 0.387 e. The lowest BCUT2D eigenvalue weighted by atomic mass is 10.2. The van der Waals surface area contributed by atoms with Crippen LogP contribution in [0.2, 0.25) is 0 Å². The van der Waals surface area contributed by atoms with Crippen LogP contribution in [0.1, 0.15) is 17.3 Å². The predicted molar refractivity (Wildman–Crippen MR) is 61.1 cm³/mol. The first-order valence-corrected chi connectivity index (χ1v) is 5.46. The van der Waals surface area contributed by atoms with E-state index < -0.39 is 12.6 Å². The maximum Gasteiger partial charge on any atom is 0.387 e. The van der Waals surface area contributed by atoms with Gasteiger partial charge in [-0.1, -0.05) is 0 Å². The lowest BCUT2D eigenvalue weighted by Crippen LogP contribution is -2.09. The second-order valence-electron chi connectivity index (χ2n) is 2.97. The molecule has 7 heteroatoms. The summed E-state index contributed by atoms with van der Waals surface area (Å²) in [5.74, 6) is -0.898. The van der Waals surface area contributed by atoms with Gasteiger partial charge in [0.05, 0.1) is 17.9 Å². The Morgan fingerprint density at radius 1 is 1.53 bits per heavy atom. The third-order valence-corrected chi connectivity index (χ3v) is 2.47. The van der Waals surface area contributed by atoms with Crippen molar-refractivity contribution in [3.05, 3.63) is 22.2 Å². The number of nitrogen functional groups attached to an aromatic ring is 1. The molecule has 2 N–H and O–H groups in total. The summed E-state index contributed by atoms with van der Waals surface area (Å²) < 4.78 is 33.4. The van der Waals surface area contributed by atoms with E-state index in [4.69, 9.17) is 10.5 Å². The third kappa shape index (κ3) is 3.55. The molecular weight excluding hydrogens is 300 g/mol. The third-order valence-electron chi connectivity index (χ3n) is 1.82. The van der Waals surface area contributed by atoms with Gasteiger partial charge in [0.1, 0.15) is 0 Å². The molecular formula is C10H10BrF2NO3. The molecule has 0 aliphatic heterocycles. The van der Waals surface area contributed by atoms with E-state index in [1.165, 1.54) is 6.07 Å². The van der Waals surface area contributed by atoms with Crippen LogP contribution in [0, 0.1) is 0 Å². The number of anilines is 1. The van der Waals surface area contributed by atoms with Crippen LogP contribution >= 0.6 is 15.9 Å².